The lowest BCUT2D eigenvalue weighted by molar-refractivity contribution is 0.789. The monoisotopic (exact) mass is 226 g/mol. The van der Waals surface area contributed by atoms with Crippen molar-refractivity contribution in [2.45, 2.75) is 13.5 Å². The van der Waals surface area contributed by atoms with Gasteiger partial charge in [-0.25, -0.2) is 0 Å². The van der Waals surface area contributed by atoms with Crippen LogP contribution in [-0.2, 0) is 13.6 Å². The van der Waals surface area contributed by atoms with E-state index in [9.17, 15) is 0 Å². The highest BCUT2D eigenvalue weighted by atomic mass is 15.3. The van der Waals surface area contributed by atoms with Gasteiger partial charge in [0.25, 0.3) is 0 Å². The zero-order valence-electron chi connectivity index (χ0n) is 9.94. The summed E-state index contributed by atoms with van der Waals surface area (Å²) in [7, 11) is 1.95. The van der Waals surface area contributed by atoms with E-state index in [1.807, 2.05) is 42.8 Å². The SMILES string of the molecule is C#Cc1cccc(NCc2nnc(C)n2C)c1. The van der Waals surface area contributed by atoms with Gasteiger partial charge in [-0.1, -0.05) is 12.0 Å². The number of terminal acetylenes is 1. The average Bonchev–Trinajstić information content (AvgIpc) is 2.68. The maximum Gasteiger partial charge on any atom is 0.152 e. The van der Waals surface area contributed by atoms with Crippen molar-refractivity contribution in [3.05, 3.63) is 41.5 Å². The number of hydrogen-bond acceptors (Lipinski definition) is 3. The quantitative estimate of drug-likeness (QED) is 0.810. The van der Waals surface area contributed by atoms with Crippen LogP contribution in [0.4, 0.5) is 5.69 Å². The summed E-state index contributed by atoms with van der Waals surface area (Å²) in [5.41, 5.74) is 1.85. The molecule has 1 heterocycles. The van der Waals surface area contributed by atoms with Gasteiger partial charge < -0.3 is 9.88 Å². The Hall–Kier alpha value is -2.28. The largest absolute Gasteiger partial charge is 0.378 e. The molecule has 0 atom stereocenters. The van der Waals surface area contributed by atoms with Gasteiger partial charge in [-0.2, -0.15) is 0 Å². The van der Waals surface area contributed by atoms with Crippen molar-refractivity contribution in [3.63, 3.8) is 0 Å². The summed E-state index contributed by atoms with van der Waals surface area (Å²) in [6.45, 7) is 2.56. The van der Waals surface area contributed by atoms with Gasteiger partial charge in [0.05, 0.1) is 6.54 Å². The topological polar surface area (TPSA) is 42.7 Å². The molecule has 0 fully saturated rings. The van der Waals surface area contributed by atoms with Crippen molar-refractivity contribution in [2.24, 2.45) is 7.05 Å². The first-order valence-corrected chi connectivity index (χ1v) is 5.36. The van der Waals surface area contributed by atoms with Gasteiger partial charge in [-0.3, -0.25) is 0 Å². The molecule has 0 unspecified atom stereocenters. The lowest BCUT2D eigenvalue weighted by Gasteiger charge is -2.06. The Morgan fingerprint density at radius 1 is 1.41 bits per heavy atom. The van der Waals surface area contributed by atoms with Crippen LogP contribution in [0.2, 0.25) is 0 Å². The summed E-state index contributed by atoms with van der Waals surface area (Å²) < 4.78 is 1.96. The normalized spacial score (nSPS) is 9.94. The van der Waals surface area contributed by atoms with Gasteiger partial charge in [0, 0.05) is 18.3 Å². The van der Waals surface area contributed by atoms with Crippen LogP contribution in [0.1, 0.15) is 17.2 Å². The van der Waals surface area contributed by atoms with E-state index >= 15 is 0 Å². The zero-order valence-corrected chi connectivity index (χ0v) is 9.94. The van der Waals surface area contributed by atoms with Crippen molar-refractivity contribution in [2.75, 3.05) is 5.32 Å². The number of rotatable bonds is 3. The predicted octanol–water partition coefficient (Wildman–Crippen LogP) is 1.72. The molecule has 0 aliphatic heterocycles. The molecule has 17 heavy (non-hydrogen) atoms. The lowest BCUT2D eigenvalue weighted by Crippen LogP contribution is -2.06. The van der Waals surface area contributed by atoms with Crippen LogP contribution in [0.15, 0.2) is 24.3 Å². The Bertz CT molecular complexity index is 563. The van der Waals surface area contributed by atoms with E-state index in [2.05, 4.69) is 21.4 Å². The molecule has 1 aromatic heterocycles. The van der Waals surface area contributed by atoms with E-state index in [1.54, 1.807) is 0 Å². The molecule has 0 aliphatic rings. The first-order valence-electron chi connectivity index (χ1n) is 5.36. The molecule has 1 N–H and O–H groups in total. The Morgan fingerprint density at radius 2 is 2.24 bits per heavy atom. The van der Waals surface area contributed by atoms with Crippen LogP contribution < -0.4 is 5.32 Å². The third-order valence-electron chi connectivity index (χ3n) is 2.66. The van der Waals surface area contributed by atoms with Crippen LogP contribution in [0.5, 0.6) is 0 Å². The molecule has 86 valence electrons. The minimum atomic E-state index is 0.630. The van der Waals surface area contributed by atoms with Crippen molar-refractivity contribution in [3.8, 4) is 12.3 Å². The van der Waals surface area contributed by atoms with Gasteiger partial charge in [-0.15, -0.1) is 16.6 Å². The smallest absolute Gasteiger partial charge is 0.152 e. The molecule has 0 aliphatic carbocycles. The highest BCUT2D eigenvalue weighted by Gasteiger charge is 2.03. The van der Waals surface area contributed by atoms with Crippen LogP contribution >= 0.6 is 0 Å². The molecule has 1 aromatic carbocycles. The molecule has 0 spiro atoms. The minimum Gasteiger partial charge on any atom is -0.378 e. The summed E-state index contributed by atoms with van der Waals surface area (Å²) in [5.74, 6) is 4.41. The molecule has 4 nitrogen and oxygen atoms in total. The van der Waals surface area contributed by atoms with E-state index in [0.717, 1.165) is 22.9 Å². The minimum absolute atomic E-state index is 0.630. The fourth-order valence-electron chi connectivity index (χ4n) is 1.51. The van der Waals surface area contributed by atoms with E-state index < -0.39 is 0 Å². The van der Waals surface area contributed by atoms with Crippen LogP contribution in [0, 0.1) is 19.3 Å². The van der Waals surface area contributed by atoms with E-state index in [1.165, 1.54) is 0 Å². The maximum absolute atomic E-state index is 5.35. The Labute approximate surface area is 101 Å². The molecule has 0 bridgehead atoms. The molecular weight excluding hydrogens is 212 g/mol. The first-order chi connectivity index (χ1) is 8.20. The summed E-state index contributed by atoms with van der Waals surface area (Å²) in [5, 5.41) is 11.4. The fourth-order valence-corrected chi connectivity index (χ4v) is 1.51. The third kappa shape index (κ3) is 2.45. The molecule has 0 radical (unpaired) electrons. The van der Waals surface area contributed by atoms with Gasteiger partial charge in [0.1, 0.15) is 5.82 Å². The summed E-state index contributed by atoms with van der Waals surface area (Å²) >= 11 is 0. The molecular formula is C13H14N4. The molecule has 2 aromatic rings. The third-order valence-corrected chi connectivity index (χ3v) is 2.66. The standard InChI is InChI=1S/C13H14N4/c1-4-11-6-5-7-12(8-11)14-9-13-16-15-10(2)17(13)3/h1,5-8,14H,9H2,2-3H3. The van der Waals surface area contributed by atoms with Gasteiger partial charge in [0.2, 0.25) is 0 Å². The number of aryl methyl sites for hydroxylation is 1. The van der Waals surface area contributed by atoms with Crippen LogP contribution in [-0.4, -0.2) is 14.8 Å². The molecule has 0 saturated carbocycles. The second-order valence-corrected chi connectivity index (χ2v) is 3.80. The second kappa shape index (κ2) is 4.71. The summed E-state index contributed by atoms with van der Waals surface area (Å²) in [6.07, 6.45) is 5.35. The molecule has 0 amide bonds. The van der Waals surface area contributed by atoms with E-state index in [-0.39, 0.29) is 0 Å². The highest BCUT2D eigenvalue weighted by molar-refractivity contribution is 5.49. The van der Waals surface area contributed by atoms with Crippen molar-refractivity contribution < 1.29 is 0 Å². The Balaban J connectivity index is 2.07. The van der Waals surface area contributed by atoms with Crippen LogP contribution in [0.25, 0.3) is 0 Å². The van der Waals surface area contributed by atoms with Crippen LogP contribution in [0.3, 0.4) is 0 Å². The molecule has 4 heteroatoms. The Kier molecular flexibility index (Phi) is 3.10. The van der Waals surface area contributed by atoms with E-state index in [0.29, 0.717) is 6.54 Å². The Morgan fingerprint density at radius 3 is 2.88 bits per heavy atom. The van der Waals surface area contributed by atoms with Crippen molar-refractivity contribution in [1.29, 1.82) is 0 Å². The molecule has 0 saturated heterocycles. The first kappa shape index (κ1) is 11.2. The number of anilines is 1. The predicted molar refractivity (Wildman–Crippen MR) is 67.4 cm³/mol. The number of benzene rings is 1. The number of aromatic nitrogens is 3. The lowest BCUT2D eigenvalue weighted by atomic mass is 10.2. The summed E-state index contributed by atoms with van der Waals surface area (Å²) in [4.78, 5) is 0. The van der Waals surface area contributed by atoms with Gasteiger partial charge in [-0.05, 0) is 25.1 Å². The highest BCUT2D eigenvalue weighted by Crippen LogP contribution is 2.10. The maximum atomic E-state index is 5.35. The van der Waals surface area contributed by atoms with Crippen molar-refractivity contribution in [1.82, 2.24) is 14.8 Å². The fraction of sp³-hybridized carbons (Fsp3) is 0.231. The van der Waals surface area contributed by atoms with Gasteiger partial charge in [0.15, 0.2) is 5.82 Å². The van der Waals surface area contributed by atoms with E-state index in [4.69, 9.17) is 6.42 Å². The number of hydrogen-bond donors (Lipinski definition) is 1. The summed E-state index contributed by atoms with van der Waals surface area (Å²) in [6, 6.07) is 7.74. The second-order valence-electron chi connectivity index (χ2n) is 3.80. The zero-order chi connectivity index (χ0) is 12.3. The average molecular weight is 226 g/mol. The molecule has 2 rings (SSSR count). The number of nitrogens with one attached hydrogen (secondary N) is 1. The van der Waals surface area contributed by atoms with Gasteiger partial charge >= 0.3 is 0 Å². The number of nitrogens with zero attached hydrogens (tertiary/aromatic N) is 3. The van der Waals surface area contributed by atoms with Crippen molar-refractivity contribution >= 4 is 5.69 Å².